The number of ether oxygens (including phenoxy) is 1. The van der Waals surface area contributed by atoms with Crippen molar-refractivity contribution in [1.82, 2.24) is 16.0 Å². The zero-order chi connectivity index (χ0) is 37.3. The van der Waals surface area contributed by atoms with Gasteiger partial charge in [0.25, 0.3) is 0 Å². The van der Waals surface area contributed by atoms with Gasteiger partial charge in [-0.1, -0.05) is 0 Å². The van der Waals surface area contributed by atoms with Gasteiger partial charge in [-0.2, -0.15) is 10.2 Å². The number of carbonyl (C=O) groups is 7. The molecular formula is C32H42N8O10. The third kappa shape index (κ3) is 16.3. The molecule has 18 nitrogen and oxygen atoms in total. The predicted molar refractivity (Wildman–Crippen MR) is 180 cm³/mol. The van der Waals surface area contributed by atoms with Gasteiger partial charge in [-0.3, -0.25) is 24.0 Å². The number of azo groups is 1. The zero-order valence-corrected chi connectivity index (χ0v) is 27.9. The fourth-order valence-corrected chi connectivity index (χ4v) is 4.07. The van der Waals surface area contributed by atoms with Gasteiger partial charge in [0, 0.05) is 17.8 Å². The lowest BCUT2D eigenvalue weighted by atomic mass is 9.94. The van der Waals surface area contributed by atoms with E-state index in [1.165, 1.54) is 0 Å². The summed E-state index contributed by atoms with van der Waals surface area (Å²) < 4.78 is 5.03. The summed E-state index contributed by atoms with van der Waals surface area (Å²) in [7, 11) is 0. The molecule has 0 aliphatic carbocycles. The van der Waals surface area contributed by atoms with E-state index in [0.717, 1.165) is 0 Å². The Balaban J connectivity index is 1.71. The molecule has 2 atom stereocenters. The molecule has 50 heavy (non-hydrogen) atoms. The molecule has 0 aliphatic rings. The van der Waals surface area contributed by atoms with Crippen molar-refractivity contribution in [3.05, 3.63) is 48.5 Å². The first-order chi connectivity index (χ1) is 23.5. The van der Waals surface area contributed by atoms with Crippen LogP contribution < -0.4 is 32.3 Å². The highest BCUT2D eigenvalue weighted by Crippen LogP contribution is 2.22. The van der Waals surface area contributed by atoms with Gasteiger partial charge < -0.3 is 47.3 Å². The fraction of sp³-hybridized carbons (Fsp3) is 0.406. The van der Waals surface area contributed by atoms with E-state index in [0.29, 0.717) is 22.7 Å². The summed E-state index contributed by atoms with van der Waals surface area (Å²) >= 11 is 0. The molecule has 2 aromatic rings. The molecule has 0 radical (unpaired) electrons. The normalized spacial score (nSPS) is 12.2. The van der Waals surface area contributed by atoms with Crippen molar-refractivity contribution in [1.29, 1.82) is 0 Å². The molecule has 9 N–H and O–H groups in total. The van der Waals surface area contributed by atoms with Crippen LogP contribution in [-0.4, -0.2) is 83.2 Å². The summed E-state index contributed by atoms with van der Waals surface area (Å²) in [4.78, 5) is 83.1. The summed E-state index contributed by atoms with van der Waals surface area (Å²) in [5.74, 6) is -5.95. The van der Waals surface area contributed by atoms with E-state index in [4.69, 9.17) is 10.5 Å². The summed E-state index contributed by atoms with van der Waals surface area (Å²) in [6, 6.07) is 11.5. The molecule has 0 spiro atoms. The molecule has 2 rings (SSSR count). The Morgan fingerprint density at radius 1 is 0.740 bits per heavy atom. The third-order valence-electron chi connectivity index (χ3n) is 6.48. The second-order valence-electron chi connectivity index (χ2n) is 11.8. The van der Waals surface area contributed by atoms with E-state index < -0.39 is 66.3 Å². The number of nitrogens with one attached hydrogen (secondary N) is 5. The lowest BCUT2D eigenvalue weighted by Crippen LogP contribution is -2.45. The van der Waals surface area contributed by atoms with Crippen molar-refractivity contribution in [3.8, 4) is 0 Å². The van der Waals surface area contributed by atoms with Gasteiger partial charge in [0.1, 0.15) is 11.6 Å². The molecule has 0 heterocycles. The van der Waals surface area contributed by atoms with Crippen LogP contribution >= 0.6 is 0 Å². The third-order valence-corrected chi connectivity index (χ3v) is 6.48. The van der Waals surface area contributed by atoms with Crippen molar-refractivity contribution in [2.45, 2.75) is 58.1 Å². The zero-order valence-electron chi connectivity index (χ0n) is 27.9. The number of aliphatic carboxylic acids is 2. The Morgan fingerprint density at radius 3 is 1.72 bits per heavy atom. The second-order valence-corrected chi connectivity index (χ2v) is 11.8. The molecule has 2 aromatic carbocycles. The number of anilines is 2. The average molecular weight is 699 g/mol. The molecule has 0 aromatic heterocycles. The van der Waals surface area contributed by atoms with Crippen molar-refractivity contribution < 1.29 is 48.5 Å². The van der Waals surface area contributed by atoms with Gasteiger partial charge in [-0.15, -0.1) is 0 Å². The Morgan fingerprint density at radius 2 is 1.24 bits per heavy atom. The van der Waals surface area contributed by atoms with Crippen molar-refractivity contribution in [2.75, 3.05) is 30.3 Å². The number of benzene rings is 2. The number of carbonyl (C=O) groups excluding carboxylic acids is 5. The predicted octanol–water partition coefficient (Wildman–Crippen LogP) is 2.41. The number of hydrogen-bond donors (Lipinski definition) is 8. The van der Waals surface area contributed by atoms with Crippen LogP contribution in [0, 0.1) is 5.92 Å². The molecule has 0 bridgehead atoms. The van der Waals surface area contributed by atoms with E-state index in [2.05, 4.69) is 36.8 Å². The molecule has 0 fully saturated rings. The molecule has 0 saturated heterocycles. The first kappa shape index (κ1) is 40.3. The number of carboxylic acids is 2. The number of nitrogens with two attached hydrogens (primary N) is 1. The summed E-state index contributed by atoms with van der Waals surface area (Å²) in [6.07, 6.45) is -1.58. The van der Waals surface area contributed by atoms with Crippen LogP contribution in [-0.2, 0) is 33.5 Å². The van der Waals surface area contributed by atoms with E-state index in [-0.39, 0.29) is 38.3 Å². The molecule has 18 heteroatoms. The average Bonchev–Trinajstić information content (AvgIpc) is 3.04. The number of hydrogen-bond acceptors (Lipinski definition) is 11. The van der Waals surface area contributed by atoms with Gasteiger partial charge in [0.15, 0.2) is 0 Å². The molecule has 270 valence electrons. The molecule has 0 unspecified atom stereocenters. The van der Waals surface area contributed by atoms with Crippen LogP contribution in [0.25, 0.3) is 0 Å². The number of rotatable bonds is 18. The number of nitrogens with zero attached hydrogens (tertiary/aromatic N) is 2. The first-order valence-corrected chi connectivity index (χ1v) is 15.4. The lowest BCUT2D eigenvalue weighted by molar-refractivity contribution is -0.144. The topological polar surface area (TPSA) is 280 Å². The summed E-state index contributed by atoms with van der Waals surface area (Å²) in [5, 5.41) is 39.3. The maximum absolute atomic E-state index is 12.3. The summed E-state index contributed by atoms with van der Waals surface area (Å²) in [6.45, 7) is 3.83. The Hall–Kier alpha value is -5.91. The van der Waals surface area contributed by atoms with Crippen LogP contribution in [0.4, 0.5) is 27.5 Å². The Labute approximate surface area is 287 Å². The summed E-state index contributed by atoms with van der Waals surface area (Å²) in [5.41, 5.74) is 6.45. The second kappa shape index (κ2) is 19.8. The lowest BCUT2D eigenvalue weighted by Gasteiger charge is -2.23. The largest absolute Gasteiger partial charge is 0.481 e. The maximum atomic E-state index is 12.3. The van der Waals surface area contributed by atoms with Gasteiger partial charge in [-0.05, 0) is 88.6 Å². The number of carboxylic acid groups (broad SMARTS) is 2. The van der Waals surface area contributed by atoms with Gasteiger partial charge in [-0.25, -0.2) is 9.59 Å². The van der Waals surface area contributed by atoms with Crippen LogP contribution in [0.1, 0.15) is 46.5 Å². The maximum Gasteiger partial charge on any atom is 0.408 e. The highest BCUT2D eigenvalue weighted by atomic mass is 16.6. The van der Waals surface area contributed by atoms with Gasteiger partial charge >= 0.3 is 18.0 Å². The Kier molecular flexibility index (Phi) is 15.9. The molecule has 5 amide bonds. The molecule has 0 aliphatic heterocycles. The monoisotopic (exact) mass is 698 g/mol. The van der Waals surface area contributed by atoms with Crippen LogP contribution in [0.5, 0.6) is 0 Å². The Bertz CT molecular complexity index is 1540. The fourth-order valence-electron chi connectivity index (χ4n) is 4.07. The van der Waals surface area contributed by atoms with Crippen LogP contribution in [0.2, 0.25) is 0 Å². The van der Waals surface area contributed by atoms with Gasteiger partial charge in [0.05, 0.1) is 36.9 Å². The van der Waals surface area contributed by atoms with Crippen molar-refractivity contribution in [3.63, 3.8) is 0 Å². The smallest absolute Gasteiger partial charge is 0.408 e. The van der Waals surface area contributed by atoms with Gasteiger partial charge in [0.2, 0.25) is 23.6 Å². The standard InChI is InChI=1S/C32H42N8O10/c1-32(2,3)50-31(49)38-24(30(47)48)15-19(29(45)46)5-4-6-25(41)34-17-27(43)35-18-28(44)37-21-9-13-23(14-10-21)40-39-22-11-7-20(8-12-22)36-26(42)16-33/h7-14,19,24H,4-6,15-18,33H2,1-3H3,(H,34,41)(H,35,43)(H,36,42)(H,37,44)(H,38,49)(H,45,46)(H,47,48)/b40-39+/t19-,24+/m1/s1. The number of alkyl carbamates (subject to hydrolysis) is 1. The highest BCUT2D eigenvalue weighted by Gasteiger charge is 2.30. The number of amides is 5. The van der Waals surface area contributed by atoms with Crippen LogP contribution in [0.3, 0.4) is 0 Å². The highest BCUT2D eigenvalue weighted by molar-refractivity contribution is 5.95. The minimum atomic E-state index is -1.52. The first-order valence-electron chi connectivity index (χ1n) is 15.4. The van der Waals surface area contributed by atoms with E-state index in [9.17, 15) is 43.8 Å². The minimum absolute atomic E-state index is 0.0649. The minimum Gasteiger partial charge on any atom is -0.481 e. The van der Waals surface area contributed by atoms with E-state index in [1.54, 1.807) is 69.3 Å². The quantitative estimate of drug-likeness (QED) is 0.105. The van der Waals surface area contributed by atoms with E-state index in [1.807, 2.05) is 0 Å². The SMILES string of the molecule is CC(C)(C)OC(=O)N[C@@H](C[C@@H](CCCC(=O)NCC(=O)NCC(=O)Nc1ccc(/N=N/c2ccc(NC(=O)CN)cc2)cc1)C(=O)O)C(=O)O. The molecular weight excluding hydrogens is 656 g/mol. The van der Waals surface area contributed by atoms with Crippen LogP contribution in [0.15, 0.2) is 58.8 Å². The van der Waals surface area contributed by atoms with Crippen molar-refractivity contribution in [2.24, 2.45) is 21.9 Å². The van der Waals surface area contributed by atoms with E-state index >= 15 is 0 Å². The molecule has 0 saturated carbocycles. The van der Waals surface area contributed by atoms with Crippen molar-refractivity contribution >= 4 is 64.4 Å².